The highest BCUT2D eigenvalue weighted by Crippen LogP contribution is 2.25. The van der Waals surface area contributed by atoms with Crippen LogP contribution < -0.4 is 10.9 Å². The molecule has 0 bridgehead atoms. The number of fused-ring (bicyclic) bond motifs is 1. The lowest BCUT2D eigenvalue weighted by atomic mass is 9.99. The van der Waals surface area contributed by atoms with Gasteiger partial charge in [-0.15, -0.1) is 11.6 Å². The Bertz CT molecular complexity index is 705. The maximum absolute atomic E-state index is 11.7. The van der Waals surface area contributed by atoms with Crippen molar-refractivity contribution in [3.63, 3.8) is 0 Å². The number of benzene rings is 1. The molecule has 0 radical (unpaired) electrons. The van der Waals surface area contributed by atoms with E-state index in [1.54, 1.807) is 19.1 Å². The minimum atomic E-state index is -0.605. The number of amides is 1. The van der Waals surface area contributed by atoms with Crippen LogP contribution in [-0.2, 0) is 4.79 Å². The van der Waals surface area contributed by atoms with Gasteiger partial charge < -0.3 is 10.3 Å². The van der Waals surface area contributed by atoms with Gasteiger partial charge in [-0.3, -0.25) is 9.59 Å². The van der Waals surface area contributed by atoms with E-state index in [9.17, 15) is 9.59 Å². The van der Waals surface area contributed by atoms with Crippen LogP contribution in [0.3, 0.4) is 0 Å². The van der Waals surface area contributed by atoms with Crippen molar-refractivity contribution >= 4 is 34.1 Å². The van der Waals surface area contributed by atoms with E-state index in [2.05, 4.69) is 10.3 Å². The number of hydrogen-bond acceptors (Lipinski definition) is 2. The summed E-state index contributed by atoms with van der Waals surface area (Å²) in [5.74, 6) is -0.0171. The van der Waals surface area contributed by atoms with Crippen LogP contribution in [0, 0.1) is 0 Å². The van der Waals surface area contributed by atoms with Gasteiger partial charge in [0.15, 0.2) is 0 Å². The number of carbonyl (C=O) groups is 1. The second-order valence-corrected chi connectivity index (χ2v) is 5.76. The van der Waals surface area contributed by atoms with Crippen molar-refractivity contribution in [1.82, 2.24) is 4.98 Å². The van der Waals surface area contributed by atoms with Crippen LogP contribution in [0.1, 0.15) is 32.3 Å². The number of carbonyl (C=O) groups excluding carboxylic acids is 1. The highest BCUT2D eigenvalue weighted by atomic mass is 35.5. The monoisotopic (exact) mass is 292 g/mol. The number of aromatic nitrogens is 1. The van der Waals surface area contributed by atoms with Crippen LogP contribution in [0.2, 0.25) is 0 Å². The molecule has 1 unspecified atom stereocenters. The third-order valence-electron chi connectivity index (χ3n) is 3.13. The summed E-state index contributed by atoms with van der Waals surface area (Å²) >= 11 is 5.72. The normalized spacial score (nSPS) is 12.7. The molecule has 4 nitrogen and oxygen atoms in total. The van der Waals surface area contributed by atoms with E-state index in [1.165, 1.54) is 0 Å². The number of aromatic amines is 1. The molecule has 2 aromatic rings. The fraction of sp³-hybridized carbons (Fsp3) is 0.333. The maximum atomic E-state index is 11.7. The van der Waals surface area contributed by atoms with E-state index in [0.29, 0.717) is 11.2 Å². The summed E-state index contributed by atoms with van der Waals surface area (Å²) in [6.45, 7) is 5.69. The SMILES string of the molecule is CC(Cl)C(=O)Nc1ccc2c(C(C)C)cc(=O)[nH]c2c1. The number of H-pyrrole nitrogens is 1. The summed E-state index contributed by atoms with van der Waals surface area (Å²) in [5.41, 5.74) is 2.18. The van der Waals surface area contributed by atoms with Crippen molar-refractivity contribution in [2.24, 2.45) is 0 Å². The Labute approximate surface area is 122 Å². The van der Waals surface area contributed by atoms with Crippen molar-refractivity contribution in [1.29, 1.82) is 0 Å². The molecule has 0 aliphatic rings. The number of alkyl halides is 1. The molecule has 1 aromatic heterocycles. The van der Waals surface area contributed by atoms with Crippen molar-refractivity contribution in [3.05, 3.63) is 40.2 Å². The number of rotatable bonds is 3. The molecule has 1 heterocycles. The lowest BCUT2D eigenvalue weighted by Crippen LogP contribution is -2.20. The number of nitrogens with one attached hydrogen (secondary N) is 2. The van der Waals surface area contributed by atoms with Gasteiger partial charge in [0.2, 0.25) is 11.5 Å². The zero-order valence-electron chi connectivity index (χ0n) is 11.7. The zero-order chi connectivity index (χ0) is 14.9. The van der Waals surface area contributed by atoms with Crippen LogP contribution in [0.25, 0.3) is 10.9 Å². The number of pyridine rings is 1. The molecule has 1 aromatic carbocycles. The Balaban J connectivity index is 2.49. The lowest BCUT2D eigenvalue weighted by Gasteiger charge is -2.11. The van der Waals surface area contributed by atoms with Gasteiger partial charge in [-0.1, -0.05) is 19.9 Å². The highest BCUT2D eigenvalue weighted by Gasteiger charge is 2.11. The molecule has 2 rings (SSSR count). The van der Waals surface area contributed by atoms with Gasteiger partial charge in [0.05, 0.1) is 5.52 Å². The van der Waals surface area contributed by atoms with Crippen LogP contribution in [0.15, 0.2) is 29.1 Å². The quantitative estimate of drug-likeness (QED) is 0.853. The van der Waals surface area contributed by atoms with E-state index in [4.69, 9.17) is 11.6 Å². The summed E-state index contributed by atoms with van der Waals surface area (Å²) in [5, 5.41) is 3.09. The van der Waals surface area contributed by atoms with Gasteiger partial charge >= 0.3 is 0 Å². The van der Waals surface area contributed by atoms with Crippen molar-refractivity contribution in [2.45, 2.75) is 32.1 Å². The molecule has 5 heteroatoms. The number of halogens is 1. The molecule has 0 saturated carbocycles. The fourth-order valence-electron chi connectivity index (χ4n) is 2.08. The largest absolute Gasteiger partial charge is 0.325 e. The van der Waals surface area contributed by atoms with Crippen LogP contribution in [0.5, 0.6) is 0 Å². The van der Waals surface area contributed by atoms with Crippen LogP contribution >= 0.6 is 11.6 Å². The van der Waals surface area contributed by atoms with E-state index in [0.717, 1.165) is 10.9 Å². The zero-order valence-corrected chi connectivity index (χ0v) is 12.4. The van der Waals surface area contributed by atoms with Crippen LogP contribution in [0.4, 0.5) is 5.69 Å². The molecule has 1 amide bonds. The minimum absolute atomic E-state index is 0.143. The third-order valence-corrected chi connectivity index (χ3v) is 3.32. The van der Waals surface area contributed by atoms with Crippen LogP contribution in [-0.4, -0.2) is 16.3 Å². The Morgan fingerprint density at radius 3 is 2.55 bits per heavy atom. The lowest BCUT2D eigenvalue weighted by molar-refractivity contribution is -0.115. The second kappa shape index (κ2) is 5.67. The minimum Gasteiger partial charge on any atom is -0.325 e. The molecular weight excluding hydrogens is 276 g/mol. The van der Waals surface area contributed by atoms with Crippen molar-refractivity contribution in [3.8, 4) is 0 Å². The molecule has 0 spiro atoms. The first kappa shape index (κ1) is 14.6. The molecule has 20 heavy (non-hydrogen) atoms. The second-order valence-electron chi connectivity index (χ2n) is 5.11. The van der Waals surface area contributed by atoms with E-state index >= 15 is 0 Å². The molecular formula is C15H17ClN2O2. The standard InChI is InChI=1S/C15H17ClN2O2/c1-8(2)12-7-14(19)18-13-6-10(4-5-11(12)13)17-15(20)9(3)16/h4-9H,1-3H3,(H,17,20)(H,18,19). The molecule has 106 valence electrons. The van der Waals surface area contributed by atoms with Gasteiger partial charge in [0, 0.05) is 17.1 Å². The highest BCUT2D eigenvalue weighted by molar-refractivity contribution is 6.32. The Hall–Kier alpha value is -1.81. The molecule has 0 saturated heterocycles. The molecule has 1 atom stereocenters. The van der Waals surface area contributed by atoms with Crippen molar-refractivity contribution in [2.75, 3.05) is 5.32 Å². The summed E-state index contributed by atoms with van der Waals surface area (Å²) in [7, 11) is 0. The number of hydrogen-bond donors (Lipinski definition) is 2. The smallest absolute Gasteiger partial charge is 0.248 e. The Morgan fingerprint density at radius 2 is 1.95 bits per heavy atom. The predicted octanol–water partition coefficient (Wildman–Crippen LogP) is 3.22. The summed E-state index contributed by atoms with van der Waals surface area (Å²) in [6.07, 6.45) is 0. The summed E-state index contributed by atoms with van der Waals surface area (Å²) < 4.78 is 0. The van der Waals surface area contributed by atoms with E-state index in [-0.39, 0.29) is 17.4 Å². The predicted molar refractivity (Wildman–Crippen MR) is 82.6 cm³/mol. The topological polar surface area (TPSA) is 62.0 Å². The first-order valence-corrected chi connectivity index (χ1v) is 6.94. The molecule has 0 fully saturated rings. The van der Waals surface area contributed by atoms with Gasteiger partial charge in [-0.25, -0.2) is 0 Å². The summed E-state index contributed by atoms with van der Waals surface area (Å²) in [6, 6.07) is 7.07. The Kier molecular flexibility index (Phi) is 4.14. The van der Waals surface area contributed by atoms with E-state index in [1.807, 2.05) is 26.0 Å². The molecule has 0 aliphatic carbocycles. The maximum Gasteiger partial charge on any atom is 0.248 e. The first-order valence-electron chi connectivity index (χ1n) is 6.50. The van der Waals surface area contributed by atoms with Gasteiger partial charge in [-0.2, -0.15) is 0 Å². The first-order chi connectivity index (χ1) is 9.38. The fourth-order valence-corrected chi connectivity index (χ4v) is 2.14. The number of anilines is 1. The van der Waals surface area contributed by atoms with Gasteiger partial charge in [0.1, 0.15) is 5.38 Å². The van der Waals surface area contributed by atoms with Gasteiger partial charge in [-0.05, 0) is 30.5 Å². The molecule has 2 N–H and O–H groups in total. The molecule has 0 aliphatic heterocycles. The van der Waals surface area contributed by atoms with Crippen molar-refractivity contribution < 1.29 is 4.79 Å². The summed E-state index contributed by atoms with van der Waals surface area (Å²) in [4.78, 5) is 26.0. The third kappa shape index (κ3) is 3.02. The Morgan fingerprint density at radius 1 is 1.25 bits per heavy atom. The average molecular weight is 293 g/mol. The van der Waals surface area contributed by atoms with Gasteiger partial charge in [0.25, 0.3) is 0 Å². The van der Waals surface area contributed by atoms with E-state index < -0.39 is 5.38 Å². The average Bonchev–Trinajstić information content (AvgIpc) is 2.36.